The lowest BCUT2D eigenvalue weighted by Gasteiger charge is -2.13. The van der Waals surface area contributed by atoms with Gasteiger partial charge in [-0.25, -0.2) is 4.98 Å². The van der Waals surface area contributed by atoms with Gasteiger partial charge >= 0.3 is 0 Å². The number of nitrogens with two attached hydrogens (primary N) is 1. The predicted octanol–water partition coefficient (Wildman–Crippen LogP) is 7.04. The minimum atomic E-state index is 0.549. The van der Waals surface area contributed by atoms with Crippen LogP contribution in [0.5, 0.6) is 0 Å². The van der Waals surface area contributed by atoms with Gasteiger partial charge in [0, 0.05) is 22.4 Å². The second-order valence-corrected chi connectivity index (χ2v) is 7.32. The van der Waals surface area contributed by atoms with Gasteiger partial charge in [0.15, 0.2) is 5.76 Å². The highest BCUT2D eigenvalue weighted by Gasteiger charge is 2.22. The van der Waals surface area contributed by atoms with E-state index in [0.29, 0.717) is 22.4 Å². The third kappa shape index (κ3) is 3.54. The van der Waals surface area contributed by atoms with Gasteiger partial charge in [0.1, 0.15) is 5.69 Å². The molecule has 0 unspecified atom stereocenters. The molecule has 3 aromatic carbocycles. The smallest absolute Gasteiger partial charge is 0.227 e. The Morgan fingerprint density at radius 3 is 2.28 bits per heavy atom. The van der Waals surface area contributed by atoms with Gasteiger partial charge in [-0.1, -0.05) is 67.9 Å². The van der Waals surface area contributed by atoms with E-state index in [0.717, 1.165) is 40.8 Å². The Morgan fingerprint density at radius 1 is 0.862 bits per heavy atom. The summed E-state index contributed by atoms with van der Waals surface area (Å²) in [6, 6.07) is 21.7. The van der Waals surface area contributed by atoms with E-state index in [1.807, 2.05) is 60.7 Å². The first-order valence-electron chi connectivity index (χ1n) is 9.85. The van der Waals surface area contributed by atoms with Gasteiger partial charge < -0.3 is 10.2 Å². The van der Waals surface area contributed by atoms with Crippen molar-refractivity contribution in [1.82, 2.24) is 4.98 Å². The van der Waals surface area contributed by atoms with Crippen molar-refractivity contribution in [2.45, 2.75) is 26.7 Å². The molecule has 0 aliphatic heterocycles. The first-order chi connectivity index (χ1) is 14.1. The summed E-state index contributed by atoms with van der Waals surface area (Å²) >= 11 is 6.51. The van der Waals surface area contributed by atoms with Crippen molar-refractivity contribution in [3.8, 4) is 34.0 Å². The summed E-state index contributed by atoms with van der Waals surface area (Å²) in [6.07, 6.45) is 1.81. The number of nitrogens with zero attached hydrogens (tertiary/aromatic N) is 1. The Morgan fingerprint density at radius 2 is 1.59 bits per heavy atom. The van der Waals surface area contributed by atoms with Crippen LogP contribution >= 0.6 is 11.6 Å². The molecule has 1 heterocycles. The molecule has 1 aromatic heterocycles. The molecule has 0 atom stereocenters. The summed E-state index contributed by atoms with van der Waals surface area (Å²) in [5.41, 5.74) is 13.1. The molecule has 3 nitrogen and oxygen atoms in total. The summed E-state index contributed by atoms with van der Waals surface area (Å²) in [7, 11) is 0. The normalized spacial score (nSPS) is 11.0. The maximum Gasteiger partial charge on any atom is 0.227 e. The molecule has 0 radical (unpaired) electrons. The van der Waals surface area contributed by atoms with E-state index in [1.54, 1.807) is 0 Å². The largest absolute Gasteiger partial charge is 0.435 e. The predicted molar refractivity (Wildman–Crippen MR) is 121 cm³/mol. The van der Waals surface area contributed by atoms with Crippen LogP contribution in [0.1, 0.15) is 25.0 Å². The maximum atomic E-state index is 6.61. The van der Waals surface area contributed by atoms with Crippen LogP contribution in [0.2, 0.25) is 5.02 Å². The zero-order valence-corrected chi connectivity index (χ0v) is 17.3. The summed E-state index contributed by atoms with van der Waals surface area (Å²) in [5.74, 6) is 1.19. The highest BCUT2D eigenvalue weighted by molar-refractivity contribution is 6.33. The van der Waals surface area contributed by atoms with Crippen LogP contribution in [0.4, 0.5) is 5.69 Å². The van der Waals surface area contributed by atoms with Crippen LogP contribution in [-0.4, -0.2) is 4.98 Å². The highest BCUT2D eigenvalue weighted by Crippen LogP contribution is 2.42. The lowest BCUT2D eigenvalue weighted by molar-refractivity contribution is 0.589. The number of anilines is 1. The second kappa shape index (κ2) is 8.14. The van der Waals surface area contributed by atoms with E-state index in [4.69, 9.17) is 26.7 Å². The quantitative estimate of drug-likeness (QED) is 0.364. The topological polar surface area (TPSA) is 52.0 Å². The Hall–Kier alpha value is -3.04. The third-order valence-corrected chi connectivity index (χ3v) is 5.54. The van der Waals surface area contributed by atoms with Crippen LogP contribution in [-0.2, 0) is 12.8 Å². The molecule has 0 spiro atoms. The molecule has 0 bridgehead atoms. The van der Waals surface area contributed by atoms with Crippen LogP contribution in [0, 0.1) is 0 Å². The SMILES string of the molecule is CCc1ccc(-c2oc(-c3ccccc3)nc2-c2ccccc2Cl)c(N)c1CC. The minimum Gasteiger partial charge on any atom is -0.435 e. The third-order valence-electron chi connectivity index (χ3n) is 5.21. The number of oxazole rings is 1. The van der Waals surface area contributed by atoms with Crippen LogP contribution in [0.25, 0.3) is 34.0 Å². The fraction of sp³-hybridized carbons (Fsp3) is 0.160. The summed E-state index contributed by atoms with van der Waals surface area (Å²) in [4.78, 5) is 4.82. The summed E-state index contributed by atoms with van der Waals surface area (Å²) in [5, 5.41) is 0.626. The average Bonchev–Trinajstić information content (AvgIpc) is 3.19. The van der Waals surface area contributed by atoms with Gasteiger partial charge in [-0.15, -0.1) is 0 Å². The highest BCUT2D eigenvalue weighted by atomic mass is 35.5. The van der Waals surface area contributed by atoms with Gasteiger partial charge in [0.2, 0.25) is 5.89 Å². The van der Waals surface area contributed by atoms with E-state index in [9.17, 15) is 0 Å². The molecule has 0 saturated carbocycles. The second-order valence-electron chi connectivity index (χ2n) is 6.91. The number of rotatable bonds is 5. The monoisotopic (exact) mass is 402 g/mol. The van der Waals surface area contributed by atoms with E-state index in [-0.39, 0.29) is 0 Å². The van der Waals surface area contributed by atoms with E-state index in [1.165, 1.54) is 5.56 Å². The Bertz CT molecular complexity index is 1150. The zero-order chi connectivity index (χ0) is 20.4. The van der Waals surface area contributed by atoms with Crippen molar-refractivity contribution in [3.63, 3.8) is 0 Å². The number of halogens is 1. The Kier molecular flexibility index (Phi) is 5.41. The molecule has 29 heavy (non-hydrogen) atoms. The number of nitrogen functional groups attached to an aromatic ring is 1. The molecule has 2 N–H and O–H groups in total. The van der Waals surface area contributed by atoms with Crippen molar-refractivity contribution in [2.24, 2.45) is 0 Å². The van der Waals surface area contributed by atoms with E-state index in [2.05, 4.69) is 19.9 Å². The molecule has 4 heteroatoms. The minimum absolute atomic E-state index is 0.549. The van der Waals surface area contributed by atoms with Crippen molar-refractivity contribution < 1.29 is 4.42 Å². The maximum absolute atomic E-state index is 6.61. The van der Waals surface area contributed by atoms with Crippen molar-refractivity contribution >= 4 is 17.3 Å². The number of aromatic nitrogens is 1. The van der Waals surface area contributed by atoms with Gasteiger partial charge in [-0.05, 0) is 48.2 Å². The average molecular weight is 403 g/mol. The first-order valence-corrected chi connectivity index (χ1v) is 10.2. The number of aryl methyl sites for hydroxylation is 1. The van der Waals surface area contributed by atoms with Gasteiger partial charge in [0.25, 0.3) is 0 Å². The Balaban J connectivity index is 1.98. The van der Waals surface area contributed by atoms with Crippen LogP contribution in [0.3, 0.4) is 0 Å². The van der Waals surface area contributed by atoms with Gasteiger partial charge in [-0.2, -0.15) is 0 Å². The molecular weight excluding hydrogens is 380 g/mol. The molecule has 0 fully saturated rings. The standard InChI is InChI=1S/C25H23ClN2O/c1-3-16-14-15-20(22(27)18(16)4-2)24-23(19-12-8-9-13-21(19)26)28-25(29-24)17-10-6-5-7-11-17/h5-15H,3-4,27H2,1-2H3. The molecule has 0 aliphatic rings. The summed E-state index contributed by atoms with van der Waals surface area (Å²) < 4.78 is 6.30. The zero-order valence-electron chi connectivity index (χ0n) is 16.6. The van der Waals surface area contributed by atoms with Gasteiger partial charge in [-0.3, -0.25) is 0 Å². The number of hydrogen-bond acceptors (Lipinski definition) is 3. The van der Waals surface area contributed by atoms with Crippen LogP contribution < -0.4 is 5.73 Å². The molecule has 4 aromatic rings. The Labute approximate surface area is 176 Å². The van der Waals surface area contributed by atoms with Crippen molar-refractivity contribution in [2.75, 3.05) is 5.73 Å². The van der Waals surface area contributed by atoms with E-state index < -0.39 is 0 Å². The van der Waals surface area contributed by atoms with Gasteiger partial charge in [0.05, 0.1) is 5.02 Å². The number of hydrogen-bond donors (Lipinski definition) is 1. The van der Waals surface area contributed by atoms with Crippen molar-refractivity contribution in [1.29, 1.82) is 0 Å². The van der Waals surface area contributed by atoms with E-state index >= 15 is 0 Å². The molecule has 0 aliphatic carbocycles. The fourth-order valence-corrected chi connectivity index (χ4v) is 3.92. The lowest BCUT2D eigenvalue weighted by Crippen LogP contribution is -2.01. The number of benzene rings is 3. The molecule has 0 saturated heterocycles. The first kappa shape index (κ1) is 19.3. The van der Waals surface area contributed by atoms with Crippen molar-refractivity contribution in [3.05, 3.63) is 82.9 Å². The molecule has 0 amide bonds. The molecule has 146 valence electrons. The fourth-order valence-electron chi connectivity index (χ4n) is 3.70. The molecule has 4 rings (SSSR count). The lowest BCUT2D eigenvalue weighted by atomic mass is 9.95. The molecular formula is C25H23ClN2O. The van der Waals surface area contributed by atoms with Crippen LogP contribution in [0.15, 0.2) is 71.1 Å². The summed E-state index contributed by atoms with van der Waals surface area (Å²) in [6.45, 7) is 4.27.